The summed E-state index contributed by atoms with van der Waals surface area (Å²) >= 11 is 0. The number of nitrogens with one attached hydrogen (secondary N) is 1. The van der Waals surface area contributed by atoms with Crippen molar-refractivity contribution in [3.8, 4) is 0 Å². The molecule has 0 atom stereocenters. The molecule has 0 unspecified atom stereocenters. The minimum Gasteiger partial charge on any atom is -0.399 e. The van der Waals surface area contributed by atoms with E-state index in [1.165, 1.54) is 0 Å². The lowest BCUT2D eigenvalue weighted by Gasteiger charge is -2.26. The lowest BCUT2D eigenvalue weighted by molar-refractivity contribution is -0.116. The number of hydrogen-bond donors (Lipinski definition) is 2. The zero-order chi connectivity index (χ0) is 15.1. The van der Waals surface area contributed by atoms with Crippen LogP contribution in [0.4, 0.5) is 11.4 Å². The fourth-order valence-electron chi connectivity index (χ4n) is 2.54. The first-order valence-electron chi connectivity index (χ1n) is 7.55. The van der Waals surface area contributed by atoms with Crippen LogP contribution in [0.1, 0.15) is 19.3 Å². The van der Waals surface area contributed by atoms with Gasteiger partial charge in [0, 0.05) is 44.1 Å². The Bertz CT molecular complexity index is 441. The summed E-state index contributed by atoms with van der Waals surface area (Å²) in [7, 11) is 2.08. The second kappa shape index (κ2) is 8.00. The van der Waals surface area contributed by atoms with E-state index < -0.39 is 0 Å². The van der Waals surface area contributed by atoms with Crippen LogP contribution >= 0.6 is 0 Å². The number of amides is 1. The Labute approximate surface area is 126 Å². The first-order valence-corrected chi connectivity index (χ1v) is 7.55. The Morgan fingerprint density at radius 3 is 2.67 bits per heavy atom. The second-order valence-corrected chi connectivity index (χ2v) is 5.74. The van der Waals surface area contributed by atoms with Crippen LogP contribution in [0.15, 0.2) is 24.3 Å². The smallest absolute Gasteiger partial charge is 0.225 e. The molecule has 2 rings (SSSR count). The van der Waals surface area contributed by atoms with Crippen molar-refractivity contribution >= 4 is 17.3 Å². The van der Waals surface area contributed by atoms with Gasteiger partial charge in [-0.3, -0.25) is 4.79 Å². The van der Waals surface area contributed by atoms with Crippen molar-refractivity contribution in [2.24, 2.45) is 5.92 Å². The standard InChI is InChI=1S/C16H25N3O2/c1-19(12-13-7-10-21-11-8-13)9-6-16(20)18-15-4-2-14(17)3-5-15/h2-5,13H,6-12,17H2,1H3,(H,18,20). The van der Waals surface area contributed by atoms with Crippen LogP contribution in [0.3, 0.4) is 0 Å². The number of rotatable bonds is 6. The molecule has 1 aliphatic heterocycles. The van der Waals surface area contributed by atoms with E-state index in [-0.39, 0.29) is 5.91 Å². The number of carbonyl (C=O) groups is 1. The molecule has 116 valence electrons. The molecular formula is C16H25N3O2. The molecule has 5 heteroatoms. The van der Waals surface area contributed by atoms with Gasteiger partial charge >= 0.3 is 0 Å². The van der Waals surface area contributed by atoms with E-state index in [9.17, 15) is 4.79 Å². The number of nitrogens with two attached hydrogens (primary N) is 1. The fourth-order valence-corrected chi connectivity index (χ4v) is 2.54. The Morgan fingerprint density at radius 1 is 1.33 bits per heavy atom. The maximum Gasteiger partial charge on any atom is 0.225 e. The first kappa shape index (κ1) is 15.8. The highest BCUT2D eigenvalue weighted by Crippen LogP contribution is 2.15. The van der Waals surface area contributed by atoms with Crippen LogP contribution < -0.4 is 11.1 Å². The van der Waals surface area contributed by atoms with Crippen LogP contribution in [-0.4, -0.2) is 44.2 Å². The predicted octanol–water partition coefficient (Wildman–Crippen LogP) is 1.96. The van der Waals surface area contributed by atoms with E-state index in [1.54, 1.807) is 12.1 Å². The third kappa shape index (κ3) is 5.73. The normalized spacial score (nSPS) is 16.1. The Kier molecular flexibility index (Phi) is 6.02. The topological polar surface area (TPSA) is 67.6 Å². The molecule has 5 nitrogen and oxygen atoms in total. The number of nitrogen functional groups attached to an aromatic ring is 1. The largest absolute Gasteiger partial charge is 0.399 e. The van der Waals surface area contributed by atoms with Crippen molar-refractivity contribution in [3.63, 3.8) is 0 Å². The number of ether oxygens (including phenoxy) is 1. The molecular weight excluding hydrogens is 266 g/mol. The molecule has 1 heterocycles. The van der Waals surface area contributed by atoms with Crippen LogP contribution in [0.25, 0.3) is 0 Å². The number of anilines is 2. The molecule has 0 radical (unpaired) electrons. The maximum absolute atomic E-state index is 11.9. The summed E-state index contributed by atoms with van der Waals surface area (Å²) in [6, 6.07) is 7.21. The van der Waals surface area contributed by atoms with E-state index in [0.717, 1.165) is 44.8 Å². The molecule has 21 heavy (non-hydrogen) atoms. The number of carbonyl (C=O) groups excluding carboxylic acids is 1. The Hall–Kier alpha value is -1.59. The molecule has 1 amide bonds. The summed E-state index contributed by atoms with van der Waals surface area (Å²) in [6.45, 7) is 3.56. The molecule has 1 saturated heterocycles. The first-order chi connectivity index (χ1) is 10.1. The van der Waals surface area contributed by atoms with Gasteiger partial charge in [0.1, 0.15) is 0 Å². The minimum absolute atomic E-state index is 0.0404. The zero-order valence-corrected chi connectivity index (χ0v) is 12.7. The molecule has 0 saturated carbocycles. The minimum atomic E-state index is 0.0404. The van der Waals surface area contributed by atoms with Crippen molar-refractivity contribution in [2.45, 2.75) is 19.3 Å². The summed E-state index contributed by atoms with van der Waals surface area (Å²) in [6.07, 6.45) is 2.76. The van der Waals surface area contributed by atoms with Gasteiger partial charge in [-0.15, -0.1) is 0 Å². The molecule has 3 N–H and O–H groups in total. The highest BCUT2D eigenvalue weighted by Gasteiger charge is 2.16. The van der Waals surface area contributed by atoms with Gasteiger partial charge in [0.15, 0.2) is 0 Å². The summed E-state index contributed by atoms with van der Waals surface area (Å²) in [5, 5.41) is 2.89. The summed E-state index contributed by atoms with van der Waals surface area (Å²) in [4.78, 5) is 14.1. The van der Waals surface area contributed by atoms with Gasteiger partial charge in [-0.05, 0) is 50.1 Å². The van der Waals surface area contributed by atoms with Crippen molar-refractivity contribution in [3.05, 3.63) is 24.3 Å². The van der Waals surface area contributed by atoms with Crippen molar-refractivity contribution < 1.29 is 9.53 Å². The van der Waals surface area contributed by atoms with Gasteiger partial charge in [0.2, 0.25) is 5.91 Å². The lowest BCUT2D eigenvalue weighted by Crippen LogP contribution is -2.31. The van der Waals surface area contributed by atoms with E-state index in [4.69, 9.17) is 10.5 Å². The van der Waals surface area contributed by atoms with Gasteiger partial charge in [0.25, 0.3) is 0 Å². The van der Waals surface area contributed by atoms with Gasteiger partial charge < -0.3 is 20.7 Å². The molecule has 0 spiro atoms. The number of nitrogens with zero attached hydrogens (tertiary/aromatic N) is 1. The highest BCUT2D eigenvalue weighted by atomic mass is 16.5. The van der Waals surface area contributed by atoms with Crippen LogP contribution in [0.2, 0.25) is 0 Å². The lowest BCUT2D eigenvalue weighted by atomic mass is 10.00. The molecule has 1 aromatic rings. The second-order valence-electron chi connectivity index (χ2n) is 5.74. The molecule has 1 aliphatic rings. The van der Waals surface area contributed by atoms with E-state index in [0.29, 0.717) is 18.0 Å². The van der Waals surface area contributed by atoms with E-state index in [2.05, 4.69) is 17.3 Å². The molecule has 1 aromatic carbocycles. The number of hydrogen-bond acceptors (Lipinski definition) is 4. The monoisotopic (exact) mass is 291 g/mol. The van der Waals surface area contributed by atoms with Gasteiger partial charge in [-0.25, -0.2) is 0 Å². The third-order valence-electron chi connectivity index (χ3n) is 3.83. The van der Waals surface area contributed by atoms with Crippen molar-refractivity contribution in [2.75, 3.05) is 44.4 Å². The van der Waals surface area contributed by atoms with Crippen LogP contribution in [-0.2, 0) is 9.53 Å². The highest BCUT2D eigenvalue weighted by molar-refractivity contribution is 5.90. The Balaban J connectivity index is 1.66. The summed E-state index contributed by atoms with van der Waals surface area (Å²) < 4.78 is 5.36. The van der Waals surface area contributed by atoms with Crippen molar-refractivity contribution in [1.29, 1.82) is 0 Å². The summed E-state index contributed by atoms with van der Waals surface area (Å²) in [5.74, 6) is 0.738. The van der Waals surface area contributed by atoms with Crippen LogP contribution in [0, 0.1) is 5.92 Å². The summed E-state index contributed by atoms with van der Waals surface area (Å²) in [5.41, 5.74) is 7.11. The van der Waals surface area contributed by atoms with Crippen LogP contribution in [0.5, 0.6) is 0 Å². The average Bonchev–Trinajstić information content (AvgIpc) is 2.49. The number of benzene rings is 1. The zero-order valence-electron chi connectivity index (χ0n) is 12.7. The van der Waals surface area contributed by atoms with Gasteiger partial charge in [-0.2, -0.15) is 0 Å². The molecule has 0 bridgehead atoms. The van der Waals surface area contributed by atoms with Crippen molar-refractivity contribution in [1.82, 2.24) is 4.90 Å². The SMILES string of the molecule is CN(CCC(=O)Nc1ccc(N)cc1)CC1CCOCC1. The fraction of sp³-hybridized carbons (Fsp3) is 0.562. The predicted molar refractivity (Wildman–Crippen MR) is 85.1 cm³/mol. The van der Waals surface area contributed by atoms with Gasteiger partial charge in [0.05, 0.1) is 0 Å². The van der Waals surface area contributed by atoms with E-state index >= 15 is 0 Å². The Morgan fingerprint density at radius 2 is 2.00 bits per heavy atom. The molecule has 0 aromatic heterocycles. The molecule has 1 fully saturated rings. The average molecular weight is 291 g/mol. The van der Waals surface area contributed by atoms with E-state index in [1.807, 2.05) is 12.1 Å². The quantitative estimate of drug-likeness (QED) is 0.786. The third-order valence-corrected chi connectivity index (χ3v) is 3.83. The van der Waals surface area contributed by atoms with Gasteiger partial charge in [-0.1, -0.05) is 0 Å². The molecule has 0 aliphatic carbocycles. The maximum atomic E-state index is 11.9.